The van der Waals surface area contributed by atoms with E-state index in [1.54, 1.807) is 4.68 Å². The lowest BCUT2D eigenvalue weighted by Crippen LogP contribution is -2.34. The molecule has 7 nitrogen and oxygen atoms in total. The van der Waals surface area contributed by atoms with Gasteiger partial charge in [-0.1, -0.05) is 6.42 Å². The Hall–Kier alpha value is -1.22. The van der Waals surface area contributed by atoms with Crippen LogP contribution in [0.5, 0.6) is 0 Å². The van der Waals surface area contributed by atoms with Gasteiger partial charge in [-0.25, -0.2) is 23.1 Å². The molecule has 0 radical (unpaired) electrons. The molecule has 0 spiro atoms. The van der Waals surface area contributed by atoms with Gasteiger partial charge in [-0.05, 0) is 35.2 Å². The van der Waals surface area contributed by atoms with Crippen molar-refractivity contribution in [3.8, 4) is 0 Å². The molecule has 1 aliphatic carbocycles. The molecule has 2 aromatic heterocycles. The summed E-state index contributed by atoms with van der Waals surface area (Å²) in [6.07, 6.45) is 6.01. The summed E-state index contributed by atoms with van der Waals surface area (Å²) in [5.74, 6) is 0.698. The van der Waals surface area contributed by atoms with E-state index in [-0.39, 0.29) is 11.3 Å². The lowest BCUT2D eigenvalue weighted by molar-refractivity contribution is 0.452. The topological polar surface area (TPSA) is 89.8 Å². The number of halogens is 1. The van der Waals surface area contributed by atoms with E-state index in [2.05, 4.69) is 36.3 Å². The molecule has 1 N–H and O–H groups in total. The fraction of sp³-hybridized carbons (Fsp3) is 0.615. The van der Waals surface area contributed by atoms with Crippen molar-refractivity contribution in [3.05, 3.63) is 10.9 Å². The molecule has 2 unspecified atom stereocenters. The second-order valence-corrected chi connectivity index (χ2v) is 8.87. The van der Waals surface area contributed by atoms with E-state index < -0.39 is 9.84 Å². The Morgan fingerprint density at radius 3 is 2.86 bits per heavy atom. The van der Waals surface area contributed by atoms with Crippen LogP contribution in [0.1, 0.15) is 25.7 Å². The molecule has 1 saturated carbocycles. The Morgan fingerprint density at radius 2 is 2.14 bits per heavy atom. The van der Waals surface area contributed by atoms with Crippen LogP contribution in [-0.2, 0) is 16.9 Å². The van der Waals surface area contributed by atoms with E-state index in [0.717, 1.165) is 30.3 Å². The predicted molar refractivity (Wildman–Crippen MR) is 88.5 cm³/mol. The molecule has 0 aromatic carbocycles. The van der Waals surface area contributed by atoms with Crippen molar-refractivity contribution < 1.29 is 8.42 Å². The standard InChI is InChI=1S/C13H18BrN5O2S/c1-19-13-10(11(14)18-19)12(15-7-16-13)17-8-4-3-5-9(6-8)22(2,20)21/h7-9H,3-6H2,1-2H3,(H,15,16,17). The molecule has 0 amide bonds. The Balaban J connectivity index is 1.87. The number of anilines is 1. The zero-order chi connectivity index (χ0) is 15.9. The van der Waals surface area contributed by atoms with Crippen LogP contribution in [-0.4, -0.2) is 45.7 Å². The lowest BCUT2D eigenvalue weighted by atomic mass is 9.95. The highest BCUT2D eigenvalue weighted by atomic mass is 79.9. The maximum absolute atomic E-state index is 11.8. The Bertz CT molecular complexity index is 804. The van der Waals surface area contributed by atoms with E-state index in [1.165, 1.54) is 12.6 Å². The monoisotopic (exact) mass is 387 g/mol. The van der Waals surface area contributed by atoms with Gasteiger partial charge < -0.3 is 5.32 Å². The first-order valence-corrected chi connectivity index (χ1v) is 9.89. The highest BCUT2D eigenvalue weighted by Gasteiger charge is 2.29. The van der Waals surface area contributed by atoms with Crippen molar-refractivity contribution in [2.75, 3.05) is 11.6 Å². The molecule has 2 aromatic rings. The summed E-state index contributed by atoms with van der Waals surface area (Å²) in [6.45, 7) is 0. The van der Waals surface area contributed by atoms with E-state index in [0.29, 0.717) is 16.8 Å². The molecule has 120 valence electrons. The highest BCUT2D eigenvalue weighted by Crippen LogP contribution is 2.30. The van der Waals surface area contributed by atoms with E-state index >= 15 is 0 Å². The largest absolute Gasteiger partial charge is 0.367 e. The molecule has 3 rings (SSSR count). The van der Waals surface area contributed by atoms with Crippen molar-refractivity contribution in [2.45, 2.75) is 37.0 Å². The summed E-state index contributed by atoms with van der Waals surface area (Å²) < 4.78 is 25.9. The Morgan fingerprint density at radius 1 is 1.36 bits per heavy atom. The highest BCUT2D eigenvalue weighted by molar-refractivity contribution is 9.10. The summed E-state index contributed by atoms with van der Waals surface area (Å²) in [4.78, 5) is 8.54. The first kappa shape index (κ1) is 15.7. The van der Waals surface area contributed by atoms with Crippen LogP contribution >= 0.6 is 15.9 Å². The third-order valence-electron chi connectivity index (χ3n) is 4.15. The molecule has 2 heterocycles. The molecule has 9 heteroatoms. The number of hydrogen-bond acceptors (Lipinski definition) is 6. The van der Waals surface area contributed by atoms with Crippen LogP contribution < -0.4 is 5.32 Å². The minimum atomic E-state index is -3.00. The predicted octanol–water partition coefficient (Wildman–Crippen LogP) is 1.89. The average Bonchev–Trinajstić information content (AvgIpc) is 2.74. The molecule has 22 heavy (non-hydrogen) atoms. The maximum atomic E-state index is 11.8. The zero-order valence-electron chi connectivity index (χ0n) is 12.5. The normalized spacial score (nSPS) is 22.9. The van der Waals surface area contributed by atoms with Crippen LogP contribution in [0, 0.1) is 0 Å². The van der Waals surface area contributed by atoms with Gasteiger partial charge in [-0.15, -0.1) is 0 Å². The Labute approximate surface area is 137 Å². The van der Waals surface area contributed by atoms with Crippen molar-refractivity contribution in [3.63, 3.8) is 0 Å². The molecule has 2 atom stereocenters. The van der Waals surface area contributed by atoms with E-state index in [4.69, 9.17) is 0 Å². The number of hydrogen-bond donors (Lipinski definition) is 1. The molecule has 0 bridgehead atoms. The van der Waals surface area contributed by atoms with Gasteiger partial charge in [0, 0.05) is 19.3 Å². The summed E-state index contributed by atoms with van der Waals surface area (Å²) in [6, 6.07) is 0.0960. The smallest absolute Gasteiger partial charge is 0.164 e. The first-order valence-electron chi connectivity index (χ1n) is 7.15. The van der Waals surface area contributed by atoms with Gasteiger partial charge in [0.05, 0.1) is 10.6 Å². The second-order valence-electron chi connectivity index (χ2n) is 5.79. The Kier molecular flexibility index (Phi) is 4.11. The van der Waals surface area contributed by atoms with Crippen LogP contribution in [0.2, 0.25) is 0 Å². The summed E-state index contributed by atoms with van der Waals surface area (Å²) in [5.41, 5.74) is 0.736. The minimum Gasteiger partial charge on any atom is -0.367 e. The van der Waals surface area contributed by atoms with Gasteiger partial charge in [0.15, 0.2) is 5.65 Å². The molecular weight excluding hydrogens is 370 g/mol. The number of aromatic nitrogens is 4. The summed E-state index contributed by atoms with van der Waals surface area (Å²) >= 11 is 3.43. The number of sulfone groups is 1. The molecule has 1 fully saturated rings. The number of nitrogens with zero attached hydrogens (tertiary/aromatic N) is 4. The molecule has 0 saturated heterocycles. The minimum absolute atomic E-state index is 0.0960. The van der Waals surface area contributed by atoms with Crippen LogP contribution in [0.25, 0.3) is 11.0 Å². The van der Waals surface area contributed by atoms with Gasteiger partial charge in [0.25, 0.3) is 0 Å². The first-order chi connectivity index (χ1) is 10.4. The fourth-order valence-electron chi connectivity index (χ4n) is 3.01. The maximum Gasteiger partial charge on any atom is 0.164 e. The van der Waals surface area contributed by atoms with E-state index in [1.807, 2.05) is 7.05 Å². The van der Waals surface area contributed by atoms with Crippen molar-refractivity contribution in [1.82, 2.24) is 19.7 Å². The number of nitrogens with one attached hydrogen (secondary N) is 1. The quantitative estimate of drug-likeness (QED) is 0.864. The van der Waals surface area contributed by atoms with Gasteiger partial charge in [0.2, 0.25) is 0 Å². The van der Waals surface area contributed by atoms with E-state index in [9.17, 15) is 8.42 Å². The van der Waals surface area contributed by atoms with Crippen LogP contribution in [0.3, 0.4) is 0 Å². The summed E-state index contributed by atoms with van der Waals surface area (Å²) in [7, 11) is -1.17. The molecule has 0 aliphatic heterocycles. The van der Waals surface area contributed by atoms with Crippen LogP contribution in [0.15, 0.2) is 10.9 Å². The SMILES string of the molecule is Cn1nc(Br)c2c(NC3CCCC(S(C)(=O)=O)C3)ncnc21. The van der Waals surface area contributed by atoms with Crippen molar-refractivity contribution >= 4 is 42.6 Å². The van der Waals surface area contributed by atoms with Gasteiger partial charge in [0.1, 0.15) is 26.6 Å². The molecule has 1 aliphatic rings. The van der Waals surface area contributed by atoms with Crippen molar-refractivity contribution in [2.24, 2.45) is 7.05 Å². The number of aryl methyl sites for hydroxylation is 1. The zero-order valence-corrected chi connectivity index (χ0v) is 14.9. The second kappa shape index (κ2) is 5.77. The van der Waals surface area contributed by atoms with Crippen molar-refractivity contribution in [1.29, 1.82) is 0 Å². The fourth-order valence-corrected chi connectivity index (χ4v) is 4.79. The number of fused-ring (bicyclic) bond motifs is 1. The lowest BCUT2D eigenvalue weighted by Gasteiger charge is -2.29. The average molecular weight is 388 g/mol. The van der Waals surface area contributed by atoms with Gasteiger partial charge in [-0.2, -0.15) is 5.10 Å². The van der Waals surface area contributed by atoms with Crippen LogP contribution in [0.4, 0.5) is 5.82 Å². The summed E-state index contributed by atoms with van der Waals surface area (Å²) in [5, 5.41) is 8.23. The van der Waals surface area contributed by atoms with Gasteiger partial charge in [-0.3, -0.25) is 0 Å². The third-order valence-corrected chi connectivity index (χ3v) is 6.34. The number of rotatable bonds is 3. The third kappa shape index (κ3) is 2.96. The molecular formula is C13H18BrN5O2S. The van der Waals surface area contributed by atoms with Gasteiger partial charge >= 0.3 is 0 Å².